The van der Waals surface area contributed by atoms with Crippen LogP contribution < -0.4 is 10.6 Å². The first kappa shape index (κ1) is 30.0. The lowest BCUT2D eigenvalue weighted by atomic mass is 9.81. The summed E-state index contributed by atoms with van der Waals surface area (Å²) in [5.41, 5.74) is 3.65. The zero-order valence-corrected chi connectivity index (χ0v) is 25.9. The fourth-order valence-electron chi connectivity index (χ4n) is 5.46. The minimum absolute atomic E-state index is 0.0972. The molecule has 224 valence electrons. The normalized spacial score (nSPS) is 14.0. The molecule has 5 aromatic rings. The third-order valence-corrected chi connectivity index (χ3v) is 8.44. The number of carbonyl (C=O) groups is 2. The lowest BCUT2D eigenvalue weighted by molar-refractivity contribution is -0.126. The van der Waals surface area contributed by atoms with Gasteiger partial charge in [-0.3, -0.25) is 14.3 Å². The van der Waals surface area contributed by atoms with E-state index in [4.69, 9.17) is 16.6 Å². The van der Waals surface area contributed by atoms with Crippen LogP contribution in [0.3, 0.4) is 0 Å². The number of amides is 2. The number of halogens is 1. The number of carbonyl (C=O) groups excluding carboxylic acids is 2. The van der Waals surface area contributed by atoms with E-state index < -0.39 is 11.5 Å². The molecule has 43 heavy (non-hydrogen) atoms. The highest BCUT2D eigenvalue weighted by molar-refractivity contribution is 6.31. The van der Waals surface area contributed by atoms with Crippen LogP contribution >= 0.6 is 11.6 Å². The lowest BCUT2D eigenvalue weighted by Gasteiger charge is -2.31. The molecule has 3 atom stereocenters. The Morgan fingerprint density at radius 1 is 1.05 bits per heavy atom. The Bertz CT molecular complexity index is 1740. The standard InChI is InChI=1S/C32H37ClN8O2/c1-18(2)27(21-9-7-8-10-22(21)33)28(40-30(42)26-13-14-36-41(26)6)29-38-23-12-11-20(15-24(23)39-29)32(4,5)31(43)37-19(3)25-16-34-17-35-25/h7-19,27-28H,1-6H3,(H,34,35)(H,37,43)(H,38,39)(H,40,42). The van der Waals surface area contributed by atoms with E-state index in [9.17, 15) is 9.59 Å². The van der Waals surface area contributed by atoms with Crippen molar-refractivity contribution in [3.05, 3.63) is 101 Å². The van der Waals surface area contributed by atoms with Gasteiger partial charge in [0.1, 0.15) is 11.5 Å². The van der Waals surface area contributed by atoms with Crippen molar-refractivity contribution in [1.29, 1.82) is 0 Å². The van der Waals surface area contributed by atoms with Gasteiger partial charge in [0.15, 0.2) is 0 Å². The first-order chi connectivity index (χ1) is 20.5. The Balaban J connectivity index is 1.52. The quantitative estimate of drug-likeness (QED) is 0.162. The Kier molecular flexibility index (Phi) is 8.41. The van der Waals surface area contributed by atoms with Gasteiger partial charge in [-0.25, -0.2) is 9.97 Å². The first-order valence-electron chi connectivity index (χ1n) is 14.3. The topological polar surface area (TPSA) is 133 Å². The highest BCUT2D eigenvalue weighted by Crippen LogP contribution is 2.40. The summed E-state index contributed by atoms with van der Waals surface area (Å²) < 4.78 is 1.54. The molecule has 2 aromatic carbocycles. The smallest absolute Gasteiger partial charge is 0.270 e. The second kappa shape index (κ2) is 12.0. The summed E-state index contributed by atoms with van der Waals surface area (Å²) in [5, 5.41) is 11.1. The molecule has 3 unspecified atom stereocenters. The number of aromatic nitrogens is 6. The molecule has 0 spiro atoms. The van der Waals surface area contributed by atoms with Gasteiger partial charge in [-0.2, -0.15) is 5.10 Å². The van der Waals surface area contributed by atoms with Gasteiger partial charge in [-0.1, -0.05) is 49.7 Å². The average Bonchev–Trinajstić information content (AvgIpc) is 3.74. The first-order valence-corrected chi connectivity index (χ1v) is 14.7. The zero-order chi connectivity index (χ0) is 30.9. The molecule has 11 heteroatoms. The molecule has 3 aromatic heterocycles. The Hall–Kier alpha value is -4.44. The summed E-state index contributed by atoms with van der Waals surface area (Å²) in [4.78, 5) is 42.4. The van der Waals surface area contributed by atoms with E-state index >= 15 is 0 Å². The predicted octanol–water partition coefficient (Wildman–Crippen LogP) is 5.74. The van der Waals surface area contributed by atoms with Crippen LogP contribution in [0.15, 0.2) is 67.3 Å². The van der Waals surface area contributed by atoms with Gasteiger partial charge in [-0.05, 0) is 62.1 Å². The molecule has 0 saturated heterocycles. The number of imidazole rings is 2. The van der Waals surface area contributed by atoms with Crippen LogP contribution in [0.1, 0.15) is 85.8 Å². The molecule has 10 nitrogen and oxygen atoms in total. The van der Waals surface area contributed by atoms with Gasteiger partial charge >= 0.3 is 0 Å². The third kappa shape index (κ3) is 6.06. The van der Waals surface area contributed by atoms with Crippen molar-refractivity contribution in [1.82, 2.24) is 40.3 Å². The summed E-state index contributed by atoms with van der Waals surface area (Å²) in [5.74, 6) is 0.107. The fraction of sp³-hybridized carbons (Fsp3) is 0.344. The van der Waals surface area contributed by atoms with E-state index in [0.29, 0.717) is 16.5 Å². The van der Waals surface area contributed by atoms with Gasteiger partial charge in [0.25, 0.3) is 5.91 Å². The summed E-state index contributed by atoms with van der Waals surface area (Å²) >= 11 is 6.70. The molecule has 2 amide bonds. The van der Waals surface area contributed by atoms with Crippen LogP contribution in [0.5, 0.6) is 0 Å². The minimum atomic E-state index is -0.834. The van der Waals surface area contributed by atoms with Crippen LogP contribution in [0.25, 0.3) is 11.0 Å². The molecule has 0 aliphatic carbocycles. The largest absolute Gasteiger partial charge is 0.347 e. The van der Waals surface area contributed by atoms with Gasteiger partial charge in [0, 0.05) is 24.2 Å². The second-order valence-corrected chi connectivity index (χ2v) is 12.2. The highest BCUT2D eigenvalue weighted by Gasteiger charge is 2.35. The Morgan fingerprint density at radius 2 is 1.81 bits per heavy atom. The number of benzene rings is 2. The zero-order valence-electron chi connectivity index (χ0n) is 25.1. The number of nitrogens with zero attached hydrogens (tertiary/aromatic N) is 4. The number of hydrogen-bond donors (Lipinski definition) is 4. The van der Waals surface area contributed by atoms with Crippen LogP contribution in [0.4, 0.5) is 0 Å². The Labute approximate surface area is 255 Å². The number of fused-ring (bicyclic) bond motifs is 1. The van der Waals surface area contributed by atoms with Crippen molar-refractivity contribution in [2.45, 2.75) is 58.0 Å². The molecule has 0 aliphatic rings. The number of aromatic amines is 2. The number of rotatable bonds is 10. The predicted molar refractivity (Wildman–Crippen MR) is 167 cm³/mol. The summed E-state index contributed by atoms with van der Waals surface area (Å²) in [7, 11) is 1.73. The number of aryl methyl sites for hydroxylation is 1. The van der Waals surface area contributed by atoms with Crippen molar-refractivity contribution < 1.29 is 9.59 Å². The maximum Gasteiger partial charge on any atom is 0.270 e. The van der Waals surface area contributed by atoms with E-state index in [-0.39, 0.29) is 29.7 Å². The third-order valence-electron chi connectivity index (χ3n) is 8.10. The molecule has 4 N–H and O–H groups in total. The average molecular weight is 601 g/mol. The van der Waals surface area contributed by atoms with Gasteiger partial charge in [-0.15, -0.1) is 0 Å². The van der Waals surface area contributed by atoms with Gasteiger partial charge in [0.2, 0.25) is 5.91 Å². The van der Waals surface area contributed by atoms with Crippen LogP contribution in [0, 0.1) is 5.92 Å². The molecule has 0 radical (unpaired) electrons. The monoisotopic (exact) mass is 600 g/mol. The Morgan fingerprint density at radius 3 is 2.47 bits per heavy atom. The number of nitrogens with one attached hydrogen (secondary N) is 4. The van der Waals surface area contributed by atoms with E-state index in [1.54, 1.807) is 31.8 Å². The van der Waals surface area contributed by atoms with E-state index in [0.717, 1.165) is 27.9 Å². The SMILES string of the molecule is CC(NC(=O)C(C)(C)c1ccc2nc(C(NC(=O)c3ccnn3C)C(c3ccccc3Cl)C(C)C)[nH]c2c1)c1cnc[nH]1. The minimum Gasteiger partial charge on any atom is -0.347 e. The fourth-order valence-corrected chi connectivity index (χ4v) is 5.73. The summed E-state index contributed by atoms with van der Waals surface area (Å²) in [6, 6.07) is 14.4. The number of H-pyrrole nitrogens is 2. The summed E-state index contributed by atoms with van der Waals surface area (Å²) in [6.07, 6.45) is 4.88. The van der Waals surface area contributed by atoms with Crippen LogP contribution in [0.2, 0.25) is 5.02 Å². The second-order valence-electron chi connectivity index (χ2n) is 11.8. The molecule has 0 saturated carbocycles. The molecule has 5 rings (SSSR count). The van der Waals surface area contributed by atoms with Crippen molar-refractivity contribution in [2.24, 2.45) is 13.0 Å². The van der Waals surface area contributed by atoms with Crippen molar-refractivity contribution in [3.63, 3.8) is 0 Å². The molecule has 0 bridgehead atoms. The molecule has 0 fully saturated rings. The number of hydrogen-bond acceptors (Lipinski definition) is 5. The van der Waals surface area contributed by atoms with E-state index in [1.807, 2.05) is 63.2 Å². The van der Waals surface area contributed by atoms with Gasteiger partial charge in [0.05, 0.1) is 46.8 Å². The molecule has 3 heterocycles. The van der Waals surface area contributed by atoms with Crippen LogP contribution in [-0.4, -0.2) is 41.5 Å². The maximum absolute atomic E-state index is 13.5. The van der Waals surface area contributed by atoms with Crippen molar-refractivity contribution in [2.75, 3.05) is 0 Å². The van der Waals surface area contributed by atoms with Gasteiger partial charge < -0.3 is 20.6 Å². The molecular formula is C32H37ClN8O2. The van der Waals surface area contributed by atoms with E-state index in [1.165, 1.54) is 4.68 Å². The highest BCUT2D eigenvalue weighted by atomic mass is 35.5. The maximum atomic E-state index is 13.5. The van der Waals surface area contributed by atoms with Crippen molar-refractivity contribution in [3.8, 4) is 0 Å². The molecule has 0 aliphatic heterocycles. The van der Waals surface area contributed by atoms with Crippen LogP contribution in [-0.2, 0) is 17.3 Å². The lowest BCUT2D eigenvalue weighted by Crippen LogP contribution is -2.41. The molecular weight excluding hydrogens is 564 g/mol. The summed E-state index contributed by atoms with van der Waals surface area (Å²) in [6.45, 7) is 9.90. The van der Waals surface area contributed by atoms with Crippen molar-refractivity contribution >= 4 is 34.4 Å². The van der Waals surface area contributed by atoms with E-state index in [2.05, 4.69) is 44.5 Å².